The second-order valence-electron chi connectivity index (χ2n) is 4.19. The molecule has 0 spiro atoms. The summed E-state index contributed by atoms with van der Waals surface area (Å²) in [5.41, 5.74) is 1.14. The zero-order valence-corrected chi connectivity index (χ0v) is 11.6. The topological polar surface area (TPSA) is 9.23 Å². The van der Waals surface area contributed by atoms with Gasteiger partial charge in [0.05, 0.1) is 6.61 Å². The van der Waals surface area contributed by atoms with Gasteiger partial charge in [0.1, 0.15) is 5.75 Å². The van der Waals surface area contributed by atoms with E-state index in [4.69, 9.17) is 4.74 Å². The monoisotopic (exact) mass is 250 g/mol. The van der Waals surface area contributed by atoms with E-state index in [1.807, 2.05) is 31.2 Å². The Hall–Kier alpha value is -0.890. The van der Waals surface area contributed by atoms with E-state index in [-0.39, 0.29) is 0 Å². The van der Waals surface area contributed by atoms with Crippen molar-refractivity contribution in [3.63, 3.8) is 0 Å². The second-order valence-corrected chi connectivity index (χ2v) is 4.55. The molecule has 1 unspecified atom stereocenters. The van der Waals surface area contributed by atoms with Crippen LogP contribution in [0.25, 0.3) is 6.08 Å². The lowest BCUT2D eigenvalue weighted by Gasteiger charge is -2.15. The van der Waals surface area contributed by atoms with Crippen molar-refractivity contribution in [3.05, 3.63) is 35.9 Å². The largest absolute Gasteiger partial charge is 0.493 e. The lowest BCUT2D eigenvalue weighted by molar-refractivity contribution is 0.254. The Labute approximate surface area is 110 Å². The third kappa shape index (κ3) is 4.86. The molecule has 0 heterocycles. The summed E-state index contributed by atoms with van der Waals surface area (Å²) in [6, 6.07) is 8.14. The highest BCUT2D eigenvalue weighted by molar-refractivity contribution is 7.80. The number of hydrogen-bond donors (Lipinski definition) is 1. The molecule has 1 nitrogen and oxygen atoms in total. The molecule has 0 saturated heterocycles. The van der Waals surface area contributed by atoms with Gasteiger partial charge in [0.2, 0.25) is 0 Å². The molecule has 0 aliphatic heterocycles. The standard InChI is InChI=1S/C15H22OS/c1-3-7-13(12-17)11-16-15-10-6-5-9-14(15)8-4-2/h4-6,8-10,13,17H,3,7,11-12H2,1-2H3. The van der Waals surface area contributed by atoms with E-state index in [2.05, 4.69) is 31.7 Å². The Morgan fingerprint density at radius 3 is 2.76 bits per heavy atom. The predicted molar refractivity (Wildman–Crippen MR) is 78.9 cm³/mol. The SMILES string of the molecule is CC=Cc1ccccc1OCC(CS)CCC. The maximum Gasteiger partial charge on any atom is 0.126 e. The first kappa shape index (κ1) is 14.2. The molecule has 0 saturated carbocycles. The van der Waals surface area contributed by atoms with Gasteiger partial charge in [-0.3, -0.25) is 0 Å². The van der Waals surface area contributed by atoms with Crippen molar-refractivity contribution in [2.45, 2.75) is 26.7 Å². The molecule has 0 aliphatic carbocycles. The highest BCUT2D eigenvalue weighted by atomic mass is 32.1. The van der Waals surface area contributed by atoms with E-state index in [0.717, 1.165) is 23.7 Å². The first-order chi connectivity index (χ1) is 8.31. The normalized spacial score (nSPS) is 12.9. The van der Waals surface area contributed by atoms with Gasteiger partial charge in [-0.25, -0.2) is 0 Å². The molecule has 0 amide bonds. The van der Waals surface area contributed by atoms with Gasteiger partial charge in [-0.05, 0) is 25.2 Å². The highest BCUT2D eigenvalue weighted by Crippen LogP contribution is 2.21. The van der Waals surface area contributed by atoms with Crippen LogP contribution in [0, 0.1) is 5.92 Å². The summed E-state index contributed by atoms with van der Waals surface area (Å²) in [6.07, 6.45) is 6.47. The summed E-state index contributed by atoms with van der Waals surface area (Å²) >= 11 is 4.37. The third-order valence-corrected chi connectivity index (χ3v) is 3.21. The van der Waals surface area contributed by atoms with Gasteiger partial charge >= 0.3 is 0 Å². The van der Waals surface area contributed by atoms with Crippen LogP contribution in [0.15, 0.2) is 30.3 Å². The number of benzene rings is 1. The van der Waals surface area contributed by atoms with Crippen molar-refractivity contribution in [3.8, 4) is 5.75 Å². The summed E-state index contributed by atoms with van der Waals surface area (Å²) in [5.74, 6) is 2.40. The maximum absolute atomic E-state index is 5.90. The average Bonchev–Trinajstić information content (AvgIpc) is 2.36. The number of ether oxygens (including phenoxy) is 1. The van der Waals surface area contributed by atoms with Crippen LogP contribution >= 0.6 is 12.6 Å². The molecule has 94 valence electrons. The molecule has 0 aromatic heterocycles. The summed E-state index contributed by atoms with van der Waals surface area (Å²) < 4.78 is 5.90. The third-order valence-electron chi connectivity index (χ3n) is 2.69. The van der Waals surface area contributed by atoms with Crippen LogP contribution in [0.4, 0.5) is 0 Å². The number of para-hydroxylation sites is 1. The van der Waals surface area contributed by atoms with Crippen molar-refractivity contribution < 1.29 is 4.74 Å². The molecule has 1 atom stereocenters. The zero-order valence-electron chi connectivity index (χ0n) is 10.7. The number of allylic oxidation sites excluding steroid dienone is 1. The van der Waals surface area contributed by atoms with Crippen molar-refractivity contribution in [1.82, 2.24) is 0 Å². The van der Waals surface area contributed by atoms with E-state index < -0.39 is 0 Å². The van der Waals surface area contributed by atoms with Crippen molar-refractivity contribution in [1.29, 1.82) is 0 Å². The molecule has 2 heteroatoms. The highest BCUT2D eigenvalue weighted by Gasteiger charge is 2.07. The van der Waals surface area contributed by atoms with Gasteiger partial charge in [-0.2, -0.15) is 12.6 Å². The van der Waals surface area contributed by atoms with Gasteiger partial charge in [-0.15, -0.1) is 0 Å². The Kier molecular flexibility index (Phi) is 6.87. The Morgan fingerprint density at radius 1 is 1.35 bits per heavy atom. The van der Waals surface area contributed by atoms with Crippen LogP contribution in [-0.2, 0) is 0 Å². The van der Waals surface area contributed by atoms with Crippen LogP contribution in [0.2, 0.25) is 0 Å². The molecule has 1 aromatic carbocycles. The van der Waals surface area contributed by atoms with Crippen LogP contribution in [0.1, 0.15) is 32.3 Å². The first-order valence-corrected chi connectivity index (χ1v) is 6.90. The van der Waals surface area contributed by atoms with Gasteiger partial charge in [0.25, 0.3) is 0 Å². The Morgan fingerprint density at radius 2 is 2.12 bits per heavy atom. The van der Waals surface area contributed by atoms with Crippen molar-refractivity contribution in [2.75, 3.05) is 12.4 Å². The molecule has 0 N–H and O–H groups in total. The fourth-order valence-corrected chi connectivity index (χ4v) is 2.06. The Bertz CT molecular complexity index is 347. The van der Waals surface area contributed by atoms with Crippen LogP contribution in [-0.4, -0.2) is 12.4 Å². The van der Waals surface area contributed by atoms with E-state index in [0.29, 0.717) is 5.92 Å². The number of hydrogen-bond acceptors (Lipinski definition) is 2. The Balaban J connectivity index is 2.61. The fraction of sp³-hybridized carbons (Fsp3) is 0.467. The molecule has 0 fully saturated rings. The van der Waals surface area contributed by atoms with Gasteiger partial charge in [-0.1, -0.05) is 43.7 Å². The lowest BCUT2D eigenvalue weighted by atomic mass is 10.1. The minimum absolute atomic E-state index is 0.544. The van der Waals surface area contributed by atoms with E-state index >= 15 is 0 Å². The number of thiol groups is 1. The summed E-state index contributed by atoms with van der Waals surface area (Å²) in [5, 5.41) is 0. The van der Waals surface area contributed by atoms with Gasteiger partial charge in [0.15, 0.2) is 0 Å². The van der Waals surface area contributed by atoms with Gasteiger partial charge < -0.3 is 4.74 Å². The predicted octanol–water partition coefficient (Wildman–Crippen LogP) is 4.44. The summed E-state index contributed by atoms with van der Waals surface area (Å²) in [6.45, 7) is 4.97. The molecular formula is C15H22OS. The van der Waals surface area contributed by atoms with Crippen molar-refractivity contribution >= 4 is 18.7 Å². The van der Waals surface area contributed by atoms with Crippen LogP contribution in [0.3, 0.4) is 0 Å². The van der Waals surface area contributed by atoms with E-state index in [9.17, 15) is 0 Å². The summed E-state index contributed by atoms with van der Waals surface area (Å²) in [7, 11) is 0. The molecule has 0 bridgehead atoms. The lowest BCUT2D eigenvalue weighted by Crippen LogP contribution is -2.13. The minimum atomic E-state index is 0.544. The molecule has 0 aliphatic rings. The van der Waals surface area contributed by atoms with E-state index in [1.54, 1.807) is 0 Å². The quantitative estimate of drug-likeness (QED) is 0.704. The molecule has 1 aromatic rings. The first-order valence-electron chi connectivity index (χ1n) is 6.27. The van der Waals surface area contributed by atoms with Crippen LogP contribution in [0.5, 0.6) is 5.75 Å². The maximum atomic E-state index is 5.90. The van der Waals surface area contributed by atoms with Crippen LogP contribution < -0.4 is 4.74 Å². The fourth-order valence-electron chi connectivity index (χ4n) is 1.77. The molecule has 1 rings (SSSR count). The minimum Gasteiger partial charge on any atom is -0.493 e. The van der Waals surface area contributed by atoms with Crippen molar-refractivity contribution in [2.24, 2.45) is 5.92 Å². The zero-order chi connectivity index (χ0) is 12.5. The molecule has 17 heavy (non-hydrogen) atoms. The smallest absolute Gasteiger partial charge is 0.126 e. The summed E-state index contributed by atoms with van der Waals surface area (Å²) in [4.78, 5) is 0. The van der Waals surface area contributed by atoms with E-state index in [1.165, 1.54) is 12.8 Å². The van der Waals surface area contributed by atoms with Gasteiger partial charge in [0, 0.05) is 11.5 Å². The average molecular weight is 250 g/mol. The molecular weight excluding hydrogens is 228 g/mol. The number of rotatable bonds is 7. The second kappa shape index (κ2) is 8.24. The molecule has 0 radical (unpaired) electrons.